The van der Waals surface area contributed by atoms with Gasteiger partial charge < -0.3 is 4.74 Å². The van der Waals surface area contributed by atoms with Crippen molar-refractivity contribution >= 4 is 22.6 Å². The van der Waals surface area contributed by atoms with Gasteiger partial charge in [0.05, 0.1) is 12.1 Å². The highest BCUT2D eigenvalue weighted by atomic mass is 16.5. The maximum absolute atomic E-state index is 13.0. The van der Waals surface area contributed by atoms with Crippen molar-refractivity contribution in [1.82, 2.24) is 4.57 Å². The van der Waals surface area contributed by atoms with E-state index >= 15 is 0 Å². The fourth-order valence-electron chi connectivity index (χ4n) is 3.10. The van der Waals surface area contributed by atoms with Gasteiger partial charge in [0.2, 0.25) is 0 Å². The number of rotatable bonds is 6. The Morgan fingerprint density at radius 1 is 1.08 bits per heavy atom. The number of hydrogen-bond donors (Lipinski definition) is 0. The van der Waals surface area contributed by atoms with Crippen molar-refractivity contribution in [1.29, 1.82) is 0 Å². The second kappa shape index (κ2) is 7.56. The molecule has 0 saturated heterocycles. The zero-order valence-corrected chi connectivity index (χ0v) is 15.4. The van der Waals surface area contributed by atoms with Gasteiger partial charge in [-0.15, -0.1) is 0 Å². The van der Waals surface area contributed by atoms with Crippen molar-refractivity contribution in [2.45, 2.75) is 33.6 Å². The summed E-state index contributed by atoms with van der Waals surface area (Å²) in [6, 6.07) is 14.6. The molecule has 3 aromatic rings. The third-order valence-corrected chi connectivity index (χ3v) is 4.48. The normalized spacial score (nSPS) is 10.9. The third-order valence-electron chi connectivity index (χ3n) is 4.48. The van der Waals surface area contributed by atoms with E-state index in [2.05, 4.69) is 6.92 Å². The van der Waals surface area contributed by atoms with E-state index < -0.39 is 0 Å². The molecular formula is C22H23NO3. The molecule has 134 valence electrons. The summed E-state index contributed by atoms with van der Waals surface area (Å²) in [7, 11) is 0. The van der Waals surface area contributed by atoms with E-state index in [1.165, 1.54) is 0 Å². The lowest BCUT2D eigenvalue weighted by molar-refractivity contribution is 0.0961. The number of fused-ring (bicyclic) bond motifs is 1. The quantitative estimate of drug-likeness (QED) is 0.464. The summed E-state index contributed by atoms with van der Waals surface area (Å²) in [4.78, 5) is 24.9. The standard InChI is InChI=1S/C22H23NO3/c1-4-5-13-26-18-11-9-17(10-12-18)22(25)23-15(2)14-20-19(16(3)24)7-6-8-21(20)23/h6-12,14H,4-5,13H2,1-3H3. The van der Waals surface area contributed by atoms with E-state index in [4.69, 9.17) is 4.74 Å². The van der Waals surface area contributed by atoms with Crippen LogP contribution in [-0.4, -0.2) is 22.9 Å². The van der Waals surface area contributed by atoms with Gasteiger partial charge in [0.1, 0.15) is 5.75 Å². The number of unbranched alkanes of at least 4 members (excludes halogenated alkanes) is 1. The van der Waals surface area contributed by atoms with Crippen LogP contribution in [-0.2, 0) is 0 Å². The first-order valence-electron chi connectivity index (χ1n) is 8.92. The van der Waals surface area contributed by atoms with Crippen LogP contribution in [0.5, 0.6) is 5.75 Å². The van der Waals surface area contributed by atoms with Crippen molar-refractivity contribution in [3.8, 4) is 5.75 Å². The van der Waals surface area contributed by atoms with Crippen LogP contribution < -0.4 is 4.74 Å². The average molecular weight is 349 g/mol. The summed E-state index contributed by atoms with van der Waals surface area (Å²) >= 11 is 0. The highest BCUT2D eigenvalue weighted by Crippen LogP contribution is 2.25. The summed E-state index contributed by atoms with van der Waals surface area (Å²) in [5, 5.41) is 0.811. The van der Waals surface area contributed by atoms with Gasteiger partial charge in [0.15, 0.2) is 5.78 Å². The molecule has 3 rings (SSSR count). The number of benzene rings is 2. The molecule has 0 atom stereocenters. The number of nitrogens with zero attached hydrogens (tertiary/aromatic N) is 1. The Morgan fingerprint density at radius 2 is 1.81 bits per heavy atom. The molecular weight excluding hydrogens is 326 g/mol. The summed E-state index contributed by atoms with van der Waals surface area (Å²) in [5.41, 5.74) is 2.78. The van der Waals surface area contributed by atoms with Gasteiger partial charge in [0, 0.05) is 22.2 Å². The number of ether oxygens (including phenoxy) is 1. The number of carbonyl (C=O) groups excluding carboxylic acids is 2. The molecule has 0 spiro atoms. The number of aryl methyl sites for hydroxylation is 1. The number of hydrogen-bond acceptors (Lipinski definition) is 3. The van der Waals surface area contributed by atoms with Crippen LogP contribution in [0.4, 0.5) is 0 Å². The number of Topliss-reactive ketones (excluding diaryl/α,β-unsaturated/α-hetero) is 1. The topological polar surface area (TPSA) is 48.3 Å². The minimum absolute atomic E-state index is 0.00576. The first-order valence-corrected chi connectivity index (χ1v) is 8.92. The van der Waals surface area contributed by atoms with E-state index in [0.717, 1.165) is 35.2 Å². The van der Waals surface area contributed by atoms with E-state index in [1.54, 1.807) is 29.7 Å². The van der Waals surface area contributed by atoms with Crippen LogP contribution in [0.15, 0.2) is 48.5 Å². The molecule has 0 unspecified atom stereocenters. The van der Waals surface area contributed by atoms with Crippen LogP contribution in [0, 0.1) is 6.92 Å². The maximum atomic E-state index is 13.0. The molecule has 1 heterocycles. The zero-order valence-electron chi connectivity index (χ0n) is 15.4. The Labute approximate surface area is 153 Å². The molecule has 1 aromatic heterocycles. The lowest BCUT2D eigenvalue weighted by atomic mass is 10.1. The SMILES string of the molecule is CCCCOc1ccc(C(=O)n2c(C)cc3c(C(C)=O)cccc32)cc1. The fraction of sp³-hybridized carbons (Fsp3) is 0.273. The molecule has 0 aliphatic carbocycles. The summed E-state index contributed by atoms with van der Waals surface area (Å²) in [5.74, 6) is 0.648. The molecule has 0 fully saturated rings. The molecule has 4 heteroatoms. The van der Waals surface area contributed by atoms with Crippen LogP contribution in [0.2, 0.25) is 0 Å². The van der Waals surface area contributed by atoms with Crippen molar-refractivity contribution in [3.05, 3.63) is 65.4 Å². The van der Waals surface area contributed by atoms with E-state index in [1.807, 2.05) is 37.3 Å². The predicted molar refractivity (Wildman–Crippen MR) is 103 cm³/mol. The van der Waals surface area contributed by atoms with Crippen molar-refractivity contribution in [2.24, 2.45) is 0 Å². The first kappa shape index (κ1) is 17.9. The van der Waals surface area contributed by atoms with Crippen LogP contribution in [0.3, 0.4) is 0 Å². The van der Waals surface area contributed by atoms with E-state index in [0.29, 0.717) is 17.7 Å². The monoisotopic (exact) mass is 349 g/mol. The molecule has 2 aromatic carbocycles. The lowest BCUT2D eigenvalue weighted by Crippen LogP contribution is -2.13. The number of carbonyl (C=O) groups is 2. The minimum Gasteiger partial charge on any atom is -0.494 e. The highest BCUT2D eigenvalue weighted by molar-refractivity contribution is 6.10. The summed E-state index contributed by atoms with van der Waals surface area (Å²) in [6.45, 7) is 6.22. The Balaban J connectivity index is 1.94. The maximum Gasteiger partial charge on any atom is 0.262 e. The van der Waals surface area contributed by atoms with Gasteiger partial charge >= 0.3 is 0 Å². The fourth-order valence-corrected chi connectivity index (χ4v) is 3.10. The Kier molecular flexibility index (Phi) is 5.21. The van der Waals surface area contributed by atoms with Gasteiger partial charge in [-0.3, -0.25) is 14.2 Å². The average Bonchev–Trinajstić information content (AvgIpc) is 2.97. The largest absolute Gasteiger partial charge is 0.494 e. The van der Waals surface area contributed by atoms with Gasteiger partial charge in [0.25, 0.3) is 5.91 Å². The third kappa shape index (κ3) is 3.40. The van der Waals surface area contributed by atoms with Gasteiger partial charge in [-0.2, -0.15) is 0 Å². The van der Waals surface area contributed by atoms with Crippen molar-refractivity contribution in [3.63, 3.8) is 0 Å². The first-order chi connectivity index (χ1) is 12.5. The molecule has 26 heavy (non-hydrogen) atoms. The molecule has 0 N–H and O–H groups in total. The Bertz CT molecular complexity index is 951. The second-order valence-corrected chi connectivity index (χ2v) is 6.45. The van der Waals surface area contributed by atoms with Crippen LogP contribution >= 0.6 is 0 Å². The predicted octanol–water partition coefficient (Wildman–Crippen LogP) is 5.02. The van der Waals surface area contributed by atoms with Crippen LogP contribution in [0.1, 0.15) is 53.1 Å². The number of aromatic nitrogens is 1. The van der Waals surface area contributed by atoms with Crippen molar-refractivity contribution < 1.29 is 14.3 Å². The van der Waals surface area contributed by atoms with Crippen LogP contribution in [0.25, 0.3) is 10.9 Å². The van der Waals surface area contributed by atoms with Gasteiger partial charge in [-0.1, -0.05) is 25.5 Å². The molecule has 4 nitrogen and oxygen atoms in total. The minimum atomic E-state index is -0.113. The Hall–Kier alpha value is -2.88. The zero-order chi connectivity index (χ0) is 18.7. The lowest BCUT2D eigenvalue weighted by Gasteiger charge is -2.09. The van der Waals surface area contributed by atoms with E-state index in [9.17, 15) is 9.59 Å². The molecule has 0 amide bonds. The van der Waals surface area contributed by atoms with Crippen molar-refractivity contribution in [2.75, 3.05) is 6.61 Å². The summed E-state index contributed by atoms with van der Waals surface area (Å²) in [6.07, 6.45) is 2.09. The molecule has 0 aliphatic rings. The second-order valence-electron chi connectivity index (χ2n) is 6.45. The van der Waals surface area contributed by atoms with Gasteiger partial charge in [-0.05, 0) is 56.7 Å². The molecule has 0 bridgehead atoms. The number of ketones is 1. The highest BCUT2D eigenvalue weighted by Gasteiger charge is 2.17. The smallest absolute Gasteiger partial charge is 0.262 e. The molecule has 0 aliphatic heterocycles. The Morgan fingerprint density at radius 3 is 2.46 bits per heavy atom. The van der Waals surface area contributed by atoms with Gasteiger partial charge in [-0.25, -0.2) is 0 Å². The molecule has 0 saturated carbocycles. The molecule has 0 radical (unpaired) electrons. The summed E-state index contributed by atoms with van der Waals surface area (Å²) < 4.78 is 7.31. The van der Waals surface area contributed by atoms with E-state index in [-0.39, 0.29) is 11.7 Å².